The number of hydrogen-bond acceptors (Lipinski definition) is 5. The highest BCUT2D eigenvalue weighted by atomic mass is 32.1. The largest absolute Gasteiger partial charge is 0.493 e. The summed E-state index contributed by atoms with van der Waals surface area (Å²) in [5.41, 5.74) is 2.32. The molecule has 1 aromatic carbocycles. The van der Waals surface area contributed by atoms with Crippen molar-refractivity contribution >= 4 is 11.3 Å². The van der Waals surface area contributed by atoms with Gasteiger partial charge in [-0.3, -0.25) is 0 Å². The summed E-state index contributed by atoms with van der Waals surface area (Å²) in [6.45, 7) is 2.97. The van der Waals surface area contributed by atoms with Gasteiger partial charge in [-0.15, -0.1) is 0 Å². The van der Waals surface area contributed by atoms with Crippen LogP contribution in [-0.2, 0) is 0 Å². The van der Waals surface area contributed by atoms with Crippen LogP contribution >= 0.6 is 11.3 Å². The topological polar surface area (TPSA) is 39.7 Å². The fourth-order valence-electron chi connectivity index (χ4n) is 2.34. The van der Waals surface area contributed by atoms with Crippen molar-refractivity contribution in [1.82, 2.24) is 5.32 Å². The van der Waals surface area contributed by atoms with Crippen molar-refractivity contribution in [2.45, 2.75) is 13.0 Å². The fourth-order valence-corrected chi connectivity index (χ4v) is 3.03. The molecule has 21 heavy (non-hydrogen) atoms. The Kier molecular flexibility index (Phi) is 5.47. The lowest BCUT2D eigenvalue weighted by molar-refractivity contribution is 0.323. The summed E-state index contributed by atoms with van der Waals surface area (Å²) in [4.78, 5) is 0. The second kappa shape index (κ2) is 7.33. The third kappa shape index (κ3) is 3.31. The summed E-state index contributed by atoms with van der Waals surface area (Å²) in [6, 6.07) is 6.22. The molecule has 2 aromatic rings. The molecule has 0 amide bonds. The molecule has 1 atom stereocenters. The lowest BCUT2D eigenvalue weighted by atomic mass is 10.00. The van der Waals surface area contributed by atoms with Crippen molar-refractivity contribution in [3.05, 3.63) is 40.1 Å². The molecule has 2 rings (SSSR count). The highest BCUT2D eigenvalue weighted by Gasteiger charge is 2.19. The number of hydrogen-bond donors (Lipinski definition) is 1. The monoisotopic (exact) mass is 307 g/mol. The van der Waals surface area contributed by atoms with Gasteiger partial charge in [-0.25, -0.2) is 0 Å². The Morgan fingerprint density at radius 2 is 1.71 bits per heavy atom. The maximum absolute atomic E-state index is 5.43. The standard InChI is InChI=1S/C16H21NO3S/c1-5-17-15(11-6-7-21-10-11)12-8-13(18-2)16(20-4)14(9-12)19-3/h6-10,15,17H,5H2,1-4H3. The molecule has 1 unspecified atom stereocenters. The summed E-state index contributed by atoms with van der Waals surface area (Å²) in [6.07, 6.45) is 0. The third-order valence-electron chi connectivity index (χ3n) is 3.31. The van der Waals surface area contributed by atoms with E-state index < -0.39 is 0 Å². The molecule has 5 heteroatoms. The summed E-state index contributed by atoms with van der Waals surface area (Å²) in [5.74, 6) is 1.96. The third-order valence-corrected chi connectivity index (χ3v) is 4.01. The van der Waals surface area contributed by atoms with Gasteiger partial charge in [0.2, 0.25) is 5.75 Å². The lowest BCUT2D eigenvalue weighted by Gasteiger charge is -2.20. The molecule has 1 aromatic heterocycles. The highest BCUT2D eigenvalue weighted by Crippen LogP contribution is 2.40. The molecule has 4 nitrogen and oxygen atoms in total. The fraction of sp³-hybridized carbons (Fsp3) is 0.375. The van der Waals surface area contributed by atoms with Crippen molar-refractivity contribution in [2.75, 3.05) is 27.9 Å². The zero-order chi connectivity index (χ0) is 15.2. The molecule has 0 saturated carbocycles. The first kappa shape index (κ1) is 15.7. The molecule has 0 aliphatic heterocycles. The average Bonchev–Trinajstić information content (AvgIpc) is 3.05. The van der Waals surface area contributed by atoms with Crippen LogP contribution in [0, 0.1) is 0 Å². The van der Waals surface area contributed by atoms with Gasteiger partial charge >= 0.3 is 0 Å². The Labute approximate surface area is 129 Å². The first-order chi connectivity index (χ1) is 10.2. The smallest absolute Gasteiger partial charge is 0.203 e. The molecular formula is C16H21NO3S. The molecule has 0 saturated heterocycles. The average molecular weight is 307 g/mol. The van der Waals surface area contributed by atoms with E-state index in [1.54, 1.807) is 32.7 Å². The quantitative estimate of drug-likeness (QED) is 0.850. The van der Waals surface area contributed by atoms with Crippen LogP contribution in [0.4, 0.5) is 0 Å². The molecule has 1 heterocycles. The number of benzene rings is 1. The van der Waals surface area contributed by atoms with Crippen LogP contribution in [0.3, 0.4) is 0 Å². The Morgan fingerprint density at radius 1 is 1.05 bits per heavy atom. The minimum Gasteiger partial charge on any atom is -0.493 e. The summed E-state index contributed by atoms with van der Waals surface area (Å²) < 4.78 is 16.2. The zero-order valence-electron chi connectivity index (χ0n) is 12.8. The maximum Gasteiger partial charge on any atom is 0.203 e. The van der Waals surface area contributed by atoms with Crippen LogP contribution in [-0.4, -0.2) is 27.9 Å². The molecule has 0 fully saturated rings. The highest BCUT2D eigenvalue weighted by molar-refractivity contribution is 7.08. The number of ether oxygens (including phenoxy) is 3. The maximum atomic E-state index is 5.43. The summed E-state index contributed by atoms with van der Waals surface area (Å²) >= 11 is 1.69. The van der Waals surface area contributed by atoms with Gasteiger partial charge in [0.05, 0.1) is 27.4 Å². The van der Waals surface area contributed by atoms with E-state index in [0.29, 0.717) is 17.2 Å². The van der Waals surface area contributed by atoms with Crippen molar-refractivity contribution in [1.29, 1.82) is 0 Å². The second-order valence-corrected chi connectivity index (χ2v) is 5.29. The zero-order valence-corrected chi connectivity index (χ0v) is 13.6. The molecule has 0 spiro atoms. The van der Waals surface area contributed by atoms with E-state index >= 15 is 0 Å². The van der Waals surface area contributed by atoms with E-state index in [1.807, 2.05) is 12.1 Å². The van der Waals surface area contributed by atoms with Crippen molar-refractivity contribution < 1.29 is 14.2 Å². The van der Waals surface area contributed by atoms with Crippen LogP contribution in [0.25, 0.3) is 0 Å². The first-order valence-electron chi connectivity index (χ1n) is 6.80. The van der Waals surface area contributed by atoms with Crippen LogP contribution in [0.1, 0.15) is 24.1 Å². The van der Waals surface area contributed by atoms with E-state index in [-0.39, 0.29) is 6.04 Å². The van der Waals surface area contributed by atoms with Gasteiger partial charge in [-0.2, -0.15) is 11.3 Å². The van der Waals surface area contributed by atoms with Crippen LogP contribution in [0.5, 0.6) is 17.2 Å². The Morgan fingerprint density at radius 3 is 2.14 bits per heavy atom. The number of methoxy groups -OCH3 is 3. The van der Waals surface area contributed by atoms with Gasteiger partial charge < -0.3 is 19.5 Å². The predicted molar refractivity (Wildman–Crippen MR) is 85.9 cm³/mol. The molecular weight excluding hydrogens is 286 g/mol. The van der Waals surface area contributed by atoms with Gasteiger partial charge in [0, 0.05) is 0 Å². The molecule has 114 valence electrons. The van der Waals surface area contributed by atoms with Crippen LogP contribution in [0.2, 0.25) is 0 Å². The number of nitrogens with one attached hydrogen (secondary N) is 1. The minimum atomic E-state index is 0.106. The predicted octanol–water partition coefficient (Wildman–Crippen LogP) is 3.47. The van der Waals surface area contributed by atoms with E-state index in [4.69, 9.17) is 14.2 Å². The summed E-state index contributed by atoms with van der Waals surface area (Å²) in [5, 5.41) is 7.73. The van der Waals surface area contributed by atoms with Crippen molar-refractivity contribution in [3.8, 4) is 17.2 Å². The van der Waals surface area contributed by atoms with Crippen molar-refractivity contribution in [2.24, 2.45) is 0 Å². The normalized spacial score (nSPS) is 12.0. The Bertz CT molecular complexity index is 544. The van der Waals surface area contributed by atoms with Gasteiger partial charge in [0.1, 0.15) is 0 Å². The Balaban J connectivity index is 2.50. The van der Waals surface area contributed by atoms with Gasteiger partial charge in [-0.05, 0) is 46.6 Å². The van der Waals surface area contributed by atoms with E-state index in [9.17, 15) is 0 Å². The first-order valence-corrected chi connectivity index (χ1v) is 7.74. The lowest BCUT2D eigenvalue weighted by Crippen LogP contribution is -2.21. The number of thiophene rings is 1. The van der Waals surface area contributed by atoms with Crippen LogP contribution in [0.15, 0.2) is 29.0 Å². The van der Waals surface area contributed by atoms with E-state index in [2.05, 4.69) is 29.1 Å². The molecule has 0 aliphatic carbocycles. The second-order valence-electron chi connectivity index (χ2n) is 4.51. The van der Waals surface area contributed by atoms with Crippen LogP contribution < -0.4 is 19.5 Å². The van der Waals surface area contributed by atoms with E-state index in [1.165, 1.54) is 5.56 Å². The number of rotatable bonds is 7. The van der Waals surface area contributed by atoms with Gasteiger partial charge in [0.15, 0.2) is 11.5 Å². The summed E-state index contributed by atoms with van der Waals surface area (Å²) in [7, 11) is 4.88. The SMILES string of the molecule is CCNC(c1ccsc1)c1cc(OC)c(OC)c(OC)c1. The Hall–Kier alpha value is -1.72. The molecule has 0 aliphatic rings. The van der Waals surface area contributed by atoms with Gasteiger partial charge in [0.25, 0.3) is 0 Å². The van der Waals surface area contributed by atoms with Crippen molar-refractivity contribution in [3.63, 3.8) is 0 Å². The molecule has 0 radical (unpaired) electrons. The molecule has 0 bridgehead atoms. The molecule has 1 N–H and O–H groups in total. The minimum absolute atomic E-state index is 0.106. The van der Waals surface area contributed by atoms with E-state index in [0.717, 1.165) is 12.1 Å². The van der Waals surface area contributed by atoms with Gasteiger partial charge in [-0.1, -0.05) is 6.92 Å².